The highest BCUT2D eigenvalue weighted by atomic mass is 35.5. The van der Waals surface area contributed by atoms with Gasteiger partial charge in [0, 0.05) is 11.6 Å². The predicted molar refractivity (Wildman–Crippen MR) is 148 cm³/mol. The standard InChI is InChI=1S/C27H25Cl2N3O5S/c28-21-9-12-26(32(38(34,35)36)22-10-7-19(8-11-22)13-14-30)20(16-21)17-31(18-23-4-3-15-37-23)27(33)24-5-1-2-6-25(24)29/h1-12,15-16H,13-14,17-18,30H2,(H,34,35,36). The number of carbonyl (C=O) groups is 1. The van der Waals surface area contributed by atoms with Crippen LogP contribution in [0.25, 0.3) is 0 Å². The van der Waals surface area contributed by atoms with Gasteiger partial charge in [0.15, 0.2) is 0 Å². The number of benzene rings is 3. The molecule has 3 N–H and O–H groups in total. The molecule has 0 atom stereocenters. The Kier molecular flexibility index (Phi) is 8.76. The van der Waals surface area contributed by atoms with Crippen LogP contribution in [0.4, 0.5) is 11.4 Å². The number of hydrogen-bond donors (Lipinski definition) is 2. The molecule has 4 rings (SSSR count). The van der Waals surface area contributed by atoms with Crippen LogP contribution in [0.15, 0.2) is 89.5 Å². The van der Waals surface area contributed by atoms with Gasteiger partial charge in [-0.25, -0.2) is 4.31 Å². The van der Waals surface area contributed by atoms with Gasteiger partial charge in [-0.3, -0.25) is 9.35 Å². The lowest BCUT2D eigenvalue weighted by atomic mass is 10.1. The zero-order chi connectivity index (χ0) is 27.3. The number of nitrogens with zero attached hydrogens (tertiary/aromatic N) is 2. The topological polar surface area (TPSA) is 117 Å². The molecule has 4 aromatic rings. The normalized spacial score (nSPS) is 11.4. The van der Waals surface area contributed by atoms with Crippen LogP contribution in [-0.2, 0) is 29.8 Å². The Bertz CT molecular complexity index is 1510. The third-order valence-electron chi connectivity index (χ3n) is 5.77. The molecule has 11 heteroatoms. The SMILES string of the molecule is NCCc1ccc(N(c2ccc(Cl)cc2CN(Cc2ccco2)C(=O)c2ccccc2Cl)S(=O)(=O)O)cc1. The molecule has 0 aliphatic heterocycles. The molecule has 0 spiro atoms. The Balaban J connectivity index is 1.79. The van der Waals surface area contributed by atoms with Gasteiger partial charge in [0.05, 0.1) is 34.8 Å². The third-order valence-corrected chi connectivity index (χ3v) is 7.21. The highest BCUT2D eigenvalue weighted by Gasteiger charge is 2.27. The second-order valence-corrected chi connectivity index (χ2v) is 10.5. The first-order valence-corrected chi connectivity index (χ1v) is 13.7. The van der Waals surface area contributed by atoms with Gasteiger partial charge in [0.2, 0.25) is 0 Å². The Morgan fingerprint density at radius 2 is 1.68 bits per heavy atom. The third kappa shape index (κ3) is 6.56. The molecular formula is C27H25Cl2N3O5S. The molecule has 0 fully saturated rings. The largest absolute Gasteiger partial charge is 0.467 e. The van der Waals surface area contributed by atoms with Crippen molar-refractivity contribution in [1.82, 2.24) is 4.90 Å². The highest BCUT2D eigenvalue weighted by molar-refractivity contribution is 7.87. The molecule has 0 aliphatic rings. The molecule has 1 heterocycles. The fraction of sp³-hybridized carbons (Fsp3) is 0.148. The summed E-state index contributed by atoms with van der Waals surface area (Å²) in [5.41, 5.74) is 7.50. The number of rotatable bonds is 10. The molecule has 1 amide bonds. The van der Waals surface area contributed by atoms with Crippen LogP contribution < -0.4 is 10.0 Å². The van der Waals surface area contributed by atoms with E-state index in [0.717, 1.165) is 9.87 Å². The zero-order valence-corrected chi connectivity index (χ0v) is 22.5. The quantitative estimate of drug-likeness (QED) is 0.229. The Labute approximate surface area is 231 Å². The van der Waals surface area contributed by atoms with E-state index in [2.05, 4.69) is 0 Å². The summed E-state index contributed by atoms with van der Waals surface area (Å²) in [6.07, 6.45) is 2.11. The molecule has 0 bridgehead atoms. The maximum atomic E-state index is 13.6. The summed E-state index contributed by atoms with van der Waals surface area (Å²) >= 11 is 12.6. The van der Waals surface area contributed by atoms with Crippen LogP contribution in [-0.4, -0.2) is 30.3 Å². The predicted octanol–water partition coefficient (Wildman–Crippen LogP) is 5.87. The second-order valence-electron chi connectivity index (χ2n) is 8.44. The van der Waals surface area contributed by atoms with Crippen molar-refractivity contribution in [2.45, 2.75) is 19.5 Å². The zero-order valence-electron chi connectivity index (χ0n) is 20.1. The second kappa shape index (κ2) is 12.0. The number of hydrogen-bond acceptors (Lipinski definition) is 5. The summed E-state index contributed by atoms with van der Waals surface area (Å²) in [6, 6.07) is 21.2. The molecule has 3 aromatic carbocycles. The van der Waals surface area contributed by atoms with Crippen LogP contribution in [0.3, 0.4) is 0 Å². The first-order valence-electron chi connectivity index (χ1n) is 11.6. The van der Waals surface area contributed by atoms with Crippen molar-refractivity contribution in [1.29, 1.82) is 0 Å². The fourth-order valence-corrected chi connectivity index (χ4v) is 5.27. The molecule has 0 unspecified atom stereocenters. The molecule has 198 valence electrons. The van der Waals surface area contributed by atoms with E-state index in [1.54, 1.807) is 66.7 Å². The first kappa shape index (κ1) is 27.7. The summed E-state index contributed by atoms with van der Waals surface area (Å²) in [7, 11) is -4.77. The van der Waals surface area contributed by atoms with Crippen LogP contribution in [0.5, 0.6) is 0 Å². The number of anilines is 2. The smallest absolute Gasteiger partial charge is 0.364 e. The van der Waals surface area contributed by atoms with Gasteiger partial charge in [-0.05, 0) is 78.7 Å². The van der Waals surface area contributed by atoms with Gasteiger partial charge in [-0.1, -0.05) is 47.5 Å². The minimum atomic E-state index is -4.77. The lowest BCUT2D eigenvalue weighted by Crippen LogP contribution is -2.32. The first-order chi connectivity index (χ1) is 18.2. The monoisotopic (exact) mass is 573 g/mol. The van der Waals surface area contributed by atoms with Crippen molar-refractivity contribution in [3.63, 3.8) is 0 Å². The van der Waals surface area contributed by atoms with E-state index in [9.17, 15) is 17.8 Å². The lowest BCUT2D eigenvalue weighted by molar-refractivity contribution is 0.0718. The molecular weight excluding hydrogens is 549 g/mol. The minimum Gasteiger partial charge on any atom is -0.467 e. The van der Waals surface area contributed by atoms with Gasteiger partial charge >= 0.3 is 10.3 Å². The molecule has 0 radical (unpaired) electrons. The highest BCUT2D eigenvalue weighted by Crippen LogP contribution is 2.34. The molecule has 0 saturated heterocycles. The maximum Gasteiger partial charge on any atom is 0.364 e. The number of carbonyl (C=O) groups excluding carboxylic acids is 1. The van der Waals surface area contributed by atoms with Crippen molar-refractivity contribution in [3.05, 3.63) is 118 Å². The number of nitrogens with two attached hydrogens (primary N) is 1. The lowest BCUT2D eigenvalue weighted by Gasteiger charge is -2.28. The van der Waals surface area contributed by atoms with E-state index in [1.807, 2.05) is 0 Å². The average molecular weight is 574 g/mol. The summed E-state index contributed by atoms with van der Waals surface area (Å²) < 4.78 is 41.8. The minimum absolute atomic E-state index is 0.0715. The van der Waals surface area contributed by atoms with E-state index in [0.29, 0.717) is 29.3 Å². The van der Waals surface area contributed by atoms with Crippen molar-refractivity contribution < 1.29 is 22.2 Å². The summed E-state index contributed by atoms with van der Waals surface area (Å²) in [4.78, 5) is 15.1. The van der Waals surface area contributed by atoms with Crippen molar-refractivity contribution in [2.24, 2.45) is 5.73 Å². The van der Waals surface area contributed by atoms with Gasteiger partial charge in [-0.2, -0.15) is 8.42 Å². The Morgan fingerprint density at radius 1 is 0.947 bits per heavy atom. The van der Waals surface area contributed by atoms with E-state index in [-0.39, 0.29) is 35.1 Å². The number of amides is 1. The van der Waals surface area contributed by atoms with E-state index in [1.165, 1.54) is 23.3 Å². The number of halogens is 2. The van der Waals surface area contributed by atoms with Crippen LogP contribution in [0, 0.1) is 0 Å². The van der Waals surface area contributed by atoms with Crippen LogP contribution in [0.2, 0.25) is 10.0 Å². The Morgan fingerprint density at radius 3 is 2.32 bits per heavy atom. The van der Waals surface area contributed by atoms with Gasteiger partial charge in [-0.15, -0.1) is 0 Å². The molecule has 1 aromatic heterocycles. The molecule has 8 nitrogen and oxygen atoms in total. The Hall–Kier alpha value is -3.34. The fourth-order valence-electron chi connectivity index (χ4n) is 4.04. The van der Waals surface area contributed by atoms with E-state index >= 15 is 0 Å². The van der Waals surface area contributed by atoms with Crippen molar-refractivity contribution in [2.75, 3.05) is 10.8 Å². The van der Waals surface area contributed by atoms with Crippen LogP contribution in [0.1, 0.15) is 27.2 Å². The average Bonchev–Trinajstić information content (AvgIpc) is 3.39. The summed E-state index contributed by atoms with van der Waals surface area (Å²) in [5, 5.41) is 0.589. The molecule has 38 heavy (non-hydrogen) atoms. The van der Waals surface area contributed by atoms with Crippen molar-refractivity contribution >= 4 is 50.8 Å². The summed E-state index contributed by atoms with van der Waals surface area (Å²) in [5.74, 6) is 0.110. The summed E-state index contributed by atoms with van der Waals surface area (Å²) in [6.45, 7) is 0.439. The van der Waals surface area contributed by atoms with Crippen molar-refractivity contribution in [3.8, 4) is 0 Å². The van der Waals surface area contributed by atoms with Gasteiger partial charge in [0.25, 0.3) is 5.91 Å². The molecule has 0 aliphatic carbocycles. The van der Waals surface area contributed by atoms with Crippen LogP contribution >= 0.6 is 23.2 Å². The maximum absolute atomic E-state index is 13.6. The van der Waals surface area contributed by atoms with E-state index in [4.69, 9.17) is 33.4 Å². The van der Waals surface area contributed by atoms with Gasteiger partial charge < -0.3 is 15.1 Å². The number of furan rings is 1. The van der Waals surface area contributed by atoms with Gasteiger partial charge in [0.1, 0.15) is 5.76 Å². The molecule has 0 saturated carbocycles. The van der Waals surface area contributed by atoms with E-state index < -0.39 is 16.2 Å².